The Labute approximate surface area is 205 Å². The molecule has 2 nitrogen and oxygen atoms in total. The van der Waals surface area contributed by atoms with Gasteiger partial charge in [-0.3, -0.25) is 0 Å². The summed E-state index contributed by atoms with van der Waals surface area (Å²) >= 11 is 0. The molecule has 0 fully saturated rings. The average Bonchev–Trinajstić information content (AvgIpc) is 2.75. The van der Waals surface area contributed by atoms with E-state index in [1.165, 1.54) is 32.1 Å². The largest absolute Gasteiger partial charge is 0.507 e. The molecule has 0 unspecified atom stereocenters. The van der Waals surface area contributed by atoms with Crippen LogP contribution in [0.1, 0.15) is 133 Å². The Bertz CT molecular complexity index is 980. The first kappa shape index (κ1) is 15.6. The summed E-state index contributed by atoms with van der Waals surface area (Å²) in [4.78, 5) is 0. The van der Waals surface area contributed by atoms with Gasteiger partial charge in [0.2, 0.25) is 0 Å². The topological polar surface area (TPSA) is 29.5 Å². The second-order valence-electron chi connectivity index (χ2n) is 10.7. The Morgan fingerprint density at radius 2 is 1.45 bits per heavy atom. The van der Waals surface area contributed by atoms with E-state index in [9.17, 15) is 5.11 Å². The molecule has 1 aliphatic heterocycles. The van der Waals surface area contributed by atoms with E-state index in [1.54, 1.807) is 0 Å². The summed E-state index contributed by atoms with van der Waals surface area (Å²) < 4.78 is 78.2. The summed E-state index contributed by atoms with van der Waals surface area (Å²) in [7, 11) is 0. The molecule has 3 atom stereocenters. The van der Waals surface area contributed by atoms with Crippen LogP contribution in [0.2, 0.25) is 0 Å². The molecule has 0 saturated heterocycles. The Kier molecular flexibility index (Phi) is 5.85. The van der Waals surface area contributed by atoms with Crippen LogP contribution in [0.25, 0.3) is 0 Å². The van der Waals surface area contributed by atoms with Crippen molar-refractivity contribution in [1.82, 2.24) is 0 Å². The van der Waals surface area contributed by atoms with E-state index in [-0.39, 0.29) is 17.7 Å². The van der Waals surface area contributed by atoms with Crippen LogP contribution < -0.4 is 4.74 Å². The third kappa shape index (κ3) is 7.43. The molecule has 1 heterocycles. The smallest absolute Gasteiger partial charge is 0.127 e. The third-order valence-electron chi connectivity index (χ3n) is 7.05. The first-order valence-corrected chi connectivity index (χ1v) is 12.3. The van der Waals surface area contributed by atoms with Crippen molar-refractivity contribution in [3.63, 3.8) is 0 Å². The van der Waals surface area contributed by atoms with Gasteiger partial charge in [0.25, 0.3) is 0 Å². The zero-order valence-corrected chi connectivity index (χ0v) is 20.4. The van der Waals surface area contributed by atoms with Gasteiger partial charge in [0.15, 0.2) is 0 Å². The molecule has 2 rings (SSSR count). The molecule has 1 N–H and O–H groups in total. The molecule has 0 aromatic heterocycles. The van der Waals surface area contributed by atoms with Crippen molar-refractivity contribution in [3.05, 3.63) is 22.3 Å². The van der Waals surface area contributed by atoms with E-state index in [2.05, 4.69) is 27.7 Å². The van der Waals surface area contributed by atoms with Crippen LogP contribution in [0.4, 0.5) is 0 Å². The standard InChI is InChI=1S/C29H50O2/c1-20(2)12-9-13-21(3)14-10-15-22(4)16-11-18-29(8)19-17-26-25(7)27(30)23(5)24(6)28(26)31-29/h20-22,30H,9-19H2,1-8H3/t21-,22-,29-/m1/s1/i5D3,6D3,7D3. The van der Waals surface area contributed by atoms with E-state index in [1.807, 2.05) is 6.92 Å². The lowest BCUT2D eigenvalue weighted by atomic mass is 9.84. The van der Waals surface area contributed by atoms with Gasteiger partial charge in [0.1, 0.15) is 17.1 Å². The van der Waals surface area contributed by atoms with E-state index in [0.29, 0.717) is 18.8 Å². The Balaban J connectivity index is 2.16. The van der Waals surface area contributed by atoms with Gasteiger partial charge in [-0.05, 0) is 87.6 Å². The maximum atomic E-state index is 10.8. The molecule has 31 heavy (non-hydrogen) atoms. The highest BCUT2D eigenvalue weighted by molar-refractivity contribution is 5.58. The molecule has 0 saturated carbocycles. The predicted molar refractivity (Wildman–Crippen MR) is 134 cm³/mol. The van der Waals surface area contributed by atoms with E-state index in [4.69, 9.17) is 17.1 Å². The summed E-state index contributed by atoms with van der Waals surface area (Å²) in [5.74, 6) is 0.854. The van der Waals surface area contributed by atoms with Crippen molar-refractivity contribution in [1.29, 1.82) is 0 Å². The molecule has 1 aromatic rings. The van der Waals surface area contributed by atoms with Crippen LogP contribution >= 0.6 is 0 Å². The Hall–Kier alpha value is -1.18. The number of ether oxygens (including phenoxy) is 1. The van der Waals surface area contributed by atoms with Crippen molar-refractivity contribution in [2.75, 3.05) is 0 Å². The van der Waals surface area contributed by atoms with Crippen molar-refractivity contribution in [2.24, 2.45) is 17.8 Å². The zero-order chi connectivity index (χ0) is 30.7. The molecular formula is C29H50O2. The van der Waals surface area contributed by atoms with Gasteiger partial charge in [-0.1, -0.05) is 72.6 Å². The summed E-state index contributed by atoms with van der Waals surface area (Å²) in [6, 6.07) is 0. The predicted octanol–water partition coefficient (Wildman–Crippen LogP) is 8.84. The first-order chi connectivity index (χ1) is 18.2. The highest BCUT2D eigenvalue weighted by Gasteiger charge is 2.34. The van der Waals surface area contributed by atoms with Crippen molar-refractivity contribution >= 4 is 0 Å². The summed E-state index contributed by atoms with van der Waals surface area (Å²) in [5.41, 5.74) is -2.67. The highest BCUT2D eigenvalue weighted by Crippen LogP contribution is 2.44. The fourth-order valence-corrected chi connectivity index (χ4v) is 4.78. The summed E-state index contributed by atoms with van der Waals surface area (Å²) in [5, 5.41) is 10.8. The molecule has 178 valence electrons. The lowest BCUT2D eigenvalue weighted by Crippen LogP contribution is -2.37. The quantitative estimate of drug-likeness (QED) is 0.352. The molecule has 0 bridgehead atoms. The van der Waals surface area contributed by atoms with Gasteiger partial charge in [0, 0.05) is 17.9 Å². The molecule has 0 spiro atoms. The minimum Gasteiger partial charge on any atom is -0.507 e. The Morgan fingerprint density at radius 3 is 2.03 bits per heavy atom. The number of fused-ring (bicyclic) bond motifs is 1. The maximum absolute atomic E-state index is 10.8. The molecule has 0 amide bonds. The van der Waals surface area contributed by atoms with E-state index < -0.39 is 48.6 Å². The molecule has 1 aromatic carbocycles. The number of hydrogen-bond acceptors (Lipinski definition) is 2. The van der Waals surface area contributed by atoms with Gasteiger partial charge >= 0.3 is 0 Å². The highest BCUT2D eigenvalue weighted by atomic mass is 16.5. The van der Waals surface area contributed by atoms with Crippen LogP contribution in [0, 0.1) is 38.3 Å². The van der Waals surface area contributed by atoms with Crippen molar-refractivity contribution < 1.29 is 22.2 Å². The van der Waals surface area contributed by atoms with E-state index >= 15 is 0 Å². The molecule has 2 heteroatoms. The SMILES string of the molecule is [2H]C([2H])([2H])c1c(O)c(C([2H])([2H])[2H])c(C([2H])([2H])[2H])c2c1CC[C@@](C)(CCC[C@H](C)CCC[C@H](C)CCCC(C)C)O2. The van der Waals surface area contributed by atoms with Crippen LogP contribution in [0.5, 0.6) is 11.5 Å². The fourth-order valence-electron chi connectivity index (χ4n) is 4.78. The molecule has 0 aliphatic carbocycles. The normalized spacial score (nSPS) is 25.9. The zero-order valence-electron chi connectivity index (χ0n) is 29.4. The second kappa shape index (κ2) is 11.6. The second-order valence-corrected chi connectivity index (χ2v) is 10.7. The monoisotopic (exact) mass is 439 g/mol. The Morgan fingerprint density at radius 1 is 0.871 bits per heavy atom. The van der Waals surface area contributed by atoms with Gasteiger partial charge in [-0.15, -0.1) is 0 Å². The van der Waals surface area contributed by atoms with Crippen molar-refractivity contribution in [3.8, 4) is 11.5 Å². The van der Waals surface area contributed by atoms with Crippen LogP contribution in [-0.4, -0.2) is 10.7 Å². The van der Waals surface area contributed by atoms with Gasteiger partial charge in [-0.2, -0.15) is 0 Å². The lowest BCUT2D eigenvalue weighted by molar-refractivity contribution is 0.0512. The maximum Gasteiger partial charge on any atom is 0.127 e. The summed E-state index contributed by atoms with van der Waals surface area (Å²) in [6.07, 6.45) is 10.6. The van der Waals surface area contributed by atoms with Crippen LogP contribution in [0.15, 0.2) is 0 Å². The average molecular weight is 440 g/mol. The lowest BCUT2D eigenvalue weighted by Gasteiger charge is -2.38. The van der Waals surface area contributed by atoms with Gasteiger partial charge < -0.3 is 9.84 Å². The third-order valence-corrected chi connectivity index (χ3v) is 7.05. The number of aromatic hydroxyl groups is 1. The van der Waals surface area contributed by atoms with Crippen LogP contribution in [0.3, 0.4) is 0 Å². The minimum absolute atomic E-state index is 0.0741. The number of hydrogen-bond donors (Lipinski definition) is 1. The van der Waals surface area contributed by atoms with Gasteiger partial charge in [-0.25, -0.2) is 0 Å². The minimum atomic E-state index is -3.04. The fraction of sp³-hybridized carbons (Fsp3) is 0.793. The first-order valence-electron chi connectivity index (χ1n) is 16.8. The molecule has 1 aliphatic rings. The number of benzene rings is 1. The number of rotatable bonds is 12. The number of phenols is 1. The molecular weight excluding hydrogens is 380 g/mol. The summed E-state index contributed by atoms with van der Waals surface area (Å²) in [6.45, 7) is 2.21. The van der Waals surface area contributed by atoms with Gasteiger partial charge in [0.05, 0.1) is 0 Å². The number of phenolic OH excluding ortho intramolecular Hbond substituents is 1. The van der Waals surface area contributed by atoms with Crippen molar-refractivity contribution in [2.45, 2.75) is 131 Å². The van der Waals surface area contributed by atoms with Crippen LogP contribution in [-0.2, 0) is 6.42 Å². The molecule has 0 radical (unpaired) electrons. The van der Waals surface area contributed by atoms with E-state index in [0.717, 1.165) is 31.1 Å².